The first-order valence-corrected chi connectivity index (χ1v) is 7.17. The molecule has 1 unspecified atom stereocenters. The molecule has 2 aromatic rings. The minimum atomic E-state index is 0.00788. The Hall–Kier alpha value is -1.81. The second-order valence-corrected chi connectivity index (χ2v) is 4.85. The number of benzene rings is 1. The highest BCUT2D eigenvalue weighted by Crippen LogP contribution is 2.30. The van der Waals surface area contributed by atoms with Crippen LogP contribution in [0.1, 0.15) is 38.1 Å². The molecule has 108 valence electrons. The summed E-state index contributed by atoms with van der Waals surface area (Å²) in [6, 6.07) is 8.07. The van der Waals surface area contributed by atoms with Crippen LogP contribution in [-0.4, -0.2) is 19.0 Å². The van der Waals surface area contributed by atoms with Crippen LogP contribution in [0.2, 0.25) is 0 Å². The standard InChI is InChI=1S/C16H22N2O2/c1-4-12-13-8-6-7-9-14(13)20-16(12)11(3)18-10-15(19)17-5-2/h6-9,11,18H,4-5,10H2,1-3H3,(H,17,19). The second-order valence-electron chi connectivity index (χ2n) is 4.85. The predicted octanol–water partition coefficient (Wildman–Crippen LogP) is 2.78. The maximum Gasteiger partial charge on any atom is 0.233 e. The zero-order chi connectivity index (χ0) is 14.5. The molecule has 0 saturated carbocycles. The third-order valence-electron chi connectivity index (χ3n) is 3.42. The van der Waals surface area contributed by atoms with Crippen LogP contribution < -0.4 is 10.6 Å². The average molecular weight is 274 g/mol. The molecule has 0 bridgehead atoms. The number of para-hydroxylation sites is 1. The van der Waals surface area contributed by atoms with Crippen LogP contribution in [0.5, 0.6) is 0 Å². The lowest BCUT2D eigenvalue weighted by atomic mass is 10.1. The van der Waals surface area contributed by atoms with Crippen molar-refractivity contribution >= 4 is 16.9 Å². The first-order valence-electron chi connectivity index (χ1n) is 7.17. The van der Waals surface area contributed by atoms with Crippen molar-refractivity contribution in [1.29, 1.82) is 0 Å². The molecule has 1 atom stereocenters. The van der Waals surface area contributed by atoms with E-state index >= 15 is 0 Å². The van der Waals surface area contributed by atoms with Gasteiger partial charge < -0.3 is 9.73 Å². The third-order valence-corrected chi connectivity index (χ3v) is 3.42. The van der Waals surface area contributed by atoms with E-state index in [1.165, 1.54) is 5.56 Å². The van der Waals surface area contributed by atoms with E-state index in [-0.39, 0.29) is 11.9 Å². The van der Waals surface area contributed by atoms with E-state index in [0.29, 0.717) is 13.1 Å². The molecule has 0 aliphatic carbocycles. The molecule has 1 heterocycles. The van der Waals surface area contributed by atoms with Crippen molar-refractivity contribution in [3.05, 3.63) is 35.6 Å². The largest absolute Gasteiger partial charge is 0.459 e. The lowest BCUT2D eigenvalue weighted by Crippen LogP contribution is -2.34. The Morgan fingerprint density at radius 2 is 2.05 bits per heavy atom. The fourth-order valence-electron chi connectivity index (χ4n) is 2.43. The molecule has 4 nitrogen and oxygen atoms in total. The Kier molecular flexibility index (Phi) is 4.79. The summed E-state index contributed by atoms with van der Waals surface area (Å²) in [6.45, 7) is 7.01. The fraction of sp³-hybridized carbons (Fsp3) is 0.438. The van der Waals surface area contributed by atoms with Crippen molar-refractivity contribution in [2.45, 2.75) is 33.2 Å². The highest BCUT2D eigenvalue weighted by molar-refractivity contribution is 5.82. The second kappa shape index (κ2) is 6.57. The van der Waals surface area contributed by atoms with Gasteiger partial charge in [-0.1, -0.05) is 25.1 Å². The van der Waals surface area contributed by atoms with Crippen molar-refractivity contribution in [2.24, 2.45) is 0 Å². The van der Waals surface area contributed by atoms with Crippen LogP contribution in [0.4, 0.5) is 0 Å². The van der Waals surface area contributed by atoms with Crippen molar-refractivity contribution in [2.75, 3.05) is 13.1 Å². The zero-order valence-electron chi connectivity index (χ0n) is 12.3. The van der Waals surface area contributed by atoms with E-state index in [1.54, 1.807) is 0 Å². The summed E-state index contributed by atoms with van der Waals surface area (Å²) >= 11 is 0. The normalized spacial score (nSPS) is 12.6. The minimum absolute atomic E-state index is 0.00788. The van der Waals surface area contributed by atoms with Crippen LogP contribution in [-0.2, 0) is 11.2 Å². The summed E-state index contributed by atoms with van der Waals surface area (Å²) in [4.78, 5) is 11.5. The van der Waals surface area contributed by atoms with Crippen LogP contribution in [0.3, 0.4) is 0 Å². The lowest BCUT2D eigenvalue weighted by molar-refractivity contribution is -0.120. The fourth-order valence-corrected chi connectivity index (χ4v) is 2.43. The molecule has 1 amide bonds. The van der Waals surface area contributed by atoms with E-state index in [1.807, 2.05) is 32.0 Å². The SMILES string of the molecule is CCNC(=O)CNC(C)c1oc2ccccc2c1CC. The van der Waals surface area contributed by atoms with Gasteiger partial charge in [-0.05, 0) is 26.3 Å². The van der Waals surface area contributed by atoms with Crippen molar-refractivity contribution in [3.8, 4) is 0 Å². The van der Waals surface area contributed by atoms with Crippen LogP contribution in [0.25, 0.3) is 11.0 Å². The third kappa shape index (κ3) is 3.02. The molecule has 2 rings (SSSR count). The number of likely N-dealkylation sites (N-methyl/N-ethyl adjacent to an activating group) is 1. The first kappa shape index (κ1) is 14.6. The van der Waals surface area contributed by atoms with E-state index < -0.39 is 0 Å². The van der Waals surface area contributed by atoms with E-state index in [0.717, 1.165) is 23.2 Å². The molecule has 1 aromatic heterocycles. The van der Waals surface area contributed by atoms with Gasteiger partial charge >= 0.3 is 0 Å². The smallest absolute Gasteiger partial charge is 0.233 e. The molecular weight excluding hydrogens is 252 g/mol. The average Bonchev–Trinajstić information content (AvgIpc) is 2.83. The van der Waals surface area contributed by atoms with E-state index in [4.69, 9.17) is 4.42 Å². The van der Waals surface area contributed by atoms with Crippen LogP contribution >= 0.6 is 0 Å². The molecule has 4 heteroatoms. The number of carbonyl (C=O) groups is 1. The van der Waals surface area contributed by atoms with Gasteiger partial charge in [0.05, 0.1) is 12.6 Å². The monoisotopic (exact) mass is 274 g/mol. The Labute approximate surface area is 119 Å². The van der Waals surface area contributed by atoms with E-state index in [2.05, 4.69) is 23.6 Å². The number of rotatable bonds is 6. The van der Waals surface area contributed by atoms with Gasteiger partial charge in [-0.3, -0.25) is 10.1 Å². The number of aryl methyl sites for hydroxylation is 1. The van der Waals surface area contributed by atoms with E-state index in [9.17, 15) is 4.79 Å². The Morgan fingerprint density at radius 1 is 1.30 bits per heavy atom. The number of fused-ring (bicyclic) bond motifs is 1. The zero-order valence-corrected chi connectivity index (χ0v) is 12.3. The molecule has 0 spiro atoms. The number of amides is 1. The molecule has 20 heavy (non-hydrogen) atoms. The van der Waals surface area contributed by atoms with Crippen molar-refractivity contribution < 1.29 is 9.21 Å². The molecule has 0 saturated heterocycles. The molecule has 0 radical (unpaired) electrons. The van der Waals surface area contributed by atoms with Gasteiger partial charge in [-0.2, -0.15) is 0 Å². The van der Waals surface area contributed by atoms with Gasteiger partial charge in [0.2, 0.25) is 5.91 Å². The van der Waals surface area contributed by atoms with Gasteiger partial charge in [0, 0.05) is 17.5 Å². The first-order chi connectivity index (χ1) is 9.67. The predicted molar refractivity (Wildman–Crippen MR) is 80.7 cm³/mol. The quantitative estimate of drug-likeness (QED) is 0.851. The number of carbonyl (C=O) groups excluding carboxylic acids is 1. The summed E-state index contributed by atoms with van der Waals surface area (Å²) in [5, 5.41) is 7.15. The summed E-state index contributed by atoms with van der Waals surface area (Å²) in [7, 11) is 0. The number of furan rings is 1. The molecule has 0 aliphatic heterocycles. The van der Waals surface area contributed by atoms with Gasteiger partial charge in [0.1, 0.15) is 11.3 Å². The van der Waals surface area contributed by atoms with Crippen LogP contribution in [0, 0.1) is 0 Å². The van der Waals surface area contributed by atoms with Gasteiger partial charge in [0.15, 0.2) is 0 Å². The maximum atomic E-state index is 11.5. The molecule has 0 aliphatic rings. The number of hydrogen-bond acceptors (Lipinski definition) is 3. The van der Waals surface area contributed by atoms with Gasteiger partial charge in [0.25, 0.3) is 0 Å². The Balaban J connectivity index is 2.17. The summed E-state index contributed by atoms with van der Waals surface area (Å²) < 4.78 is 5.95. The van der Waals surface area contributed by atoms with Gasteiger partial charge in [-0.15, -0.1) is 0 Å². The summed E-state index contributed by atoms with van der Waals surface area (Å²) in [5.74, 6) is 0.937. The van der Waals surface area contributed by atoms with Crippen LogP contribution in [0.15, 0.2) is 28.7 Å². The number of hydrogen-bond donors (Lipinski definition) is 2. The van der Waals surface area contributed by atoms with Crippen molar-refractivity contribution in [1.82, 2.24) is 10.6 Å². The topological polar surface area (TPSA) is 54.3 Å². The lowest BCUT2D eigenvalue weighted by Gasteiger charge is -2.12. The Morgan fingerprint density at radius 3 is 2.75 bits per heavy atom. The van der Waals surface area contributed by atoms with Crippen molar-refractivity contribution in [3.63, 3.8) is 0 Å². The molecular formula is C16H22N2O2. The minimum Gasteiger partial charge on any atom is -0.459 e. The maximum absolute atomic E-state index is 11.5. The molecule has 0 fully saturated rings. The van der Waals surface area contributed by atoms with Gasteiger partial charge in [-0.25, -0.2) is 0 Å². The number of nitrogens with one attached hydrogen (secondary N) is 2. The highest BCUT2D eigenvalue weighted by Gasteiger charge is 2.18. The Bertz CT molecular complexity index is 589. The molecule has 2 N–H and O–H groups in total. The highest BCUT2D eigenvalue weighted by atomic mass is 16.3. The summed E-state index contributed by atoms with van der Waals surface area (Å²) in [5.41, 5.74) is 2.13. The summed E-state index contributed by atoms with van der Waals surface area (Å²) in [6.07, 6.45) is 0.916. The molecule has 1 aromatic carbocycles.